The van der Waals surface area contributed by atoms with Gasteiger partial charge in [-0.1, -0.05) is 5.21 Å². The Bertz CT molecular complexity index is 339. The highest BCUT2D eigenvalue weighted by Crippen LogP contribution is 2.09. The summed E-state index contributed by atoms with van der Waals surface area (Å²) >= 11 is 0. The molecular weight excluding hydrogens is 208 g/mol. The van der Waals surface area contributed by atoms with Gasteiger partial charge in [0.25, 0.3) is 0 Å². The Balaban J connectivity index is 1.92. The fourth-order valence-corrected chi connectivity index (χ4v) is 1.78. The van der Waals surface area contributed by atoms with Crippen molar-refractivity contribution < 1.29 is 9.84 Å². The van der Waals surface area contributed by atoms with Gasteiger partial charge in [-0.2, -0.15) is 0 Å². The minimum Gasteiger partial charge on any atom is -0.387 e. The average Bonchev–Trinajstić information content (AvgIpc) is 2.66. The molecule has 0 bridgehead atoms. The minimum atomic E-state index is -0.566. The Hall–Kier alpha value is -0.980. The predicted molar refractivity (Wildman–Crippen MR) is 57.9 cm³/mol. The fraction of sp³-hybridized carbons (Fsp3) is 0.800. The van der Waals surface area contributed by atoms with E-state index in [2.05, 4.69) is 22.3 Å². The van der Waals surface area contributed by atoms with Crippen LogP contribution in [0.3, 0.4) is 0 Å². The van der Waals surface area contributed by atoms with Crippen LogP contribution in [0.1, 0.15) is 18.7 Å². The number of hydrogen-bond donors (Lipinski definition) is 1. The molecular formula is C10H18N4O2. The largest absolute Gasteiger partial charge is 0.387 e. The first-order chi connectivity index (χ1) is 7.65. The topological polar surface area (TPSA) is 63.4 Å². The molecule has 6 nitrogen and oxygen atoms in total. The second kappa shape index (κ2) is 4.90. The maximum absolute atomic E-state index is 9.33. The Morgan fingerprint density at radius 2 is 2.50 bits per heavy atom. The molecule has 1 aromatic heterocycles. The molecule has 0 spiro atoms. The summed E-state index contributed by atoms with van der Waals surface area (Å²) < 4.78 is 7.36. The molecule has 0 aromatic carbocycles. The van der Waals surface area contributed by atoms with Crippen LogP contribution < -0.4 is 0 Å². The molecule has 1 aliphatic rings. The summed E-state index contributed by atoms with van der Waals surface area (Å²) in [4.78, 5) is 2.24. The lowest BCUT2D eigenvalue weighted by Gasteiger charge is -2.29. The van der Waals surface area contributed by atoms with E-state index >= 15 is 0 Å². The molecule has 0 saturated carbocycles. The number of likely N-dealkylation sites (N-methyl/N-ethyl adjacent to an activating group) is 1. The van der Waals surface area contributed by atoms with Crippen LogP contribution >= 0.6 is 0 Å². The Kier molecular flexibility index (Phi) is 3.52. The average molecular weight is 226 g/mol. The van der Waals surface area contributed by atoms with E-state index in [1.54, 1.807) is 17.8 Å². The number of morpholine rings is 1. The molecule has 1 saturated heterocycles. The molecule has 2 heterocycles. The summed E-state index contributed by atoms with van der Waals surface area (Å²) in [5.41, 5.74) is 0.601. The lowest BCUT2D eigenvalue weighted by atomic mass is 10.3. The van der Waals surface area contributed by atoms with Crippen LogP contribution in [0.25, 0.3) is 0 Å². The van der Waals surface area contributed by atoms with Crippen molar-refractivity contribution in [2.75, 3.05) is 26.7 Å². The monoisotopic (exact) mass is 226 g/mol. The summed E-state index contributed by atoms with van der Waals surface area (Å²) in [5, 5.41) is 17.2. The smallest absolute Gasteiger partial charge is 0.111 e. The van der Waals surface area contributed by atoms with Crippen LogP contribution in [-0.4, -0.2) is 57.8 Å². The van der Waals surface area contributed by atoms with Gasteiger partial charge >= 0.3 is 0 Å². The third-order valence-corrected chi connectivity index (χ3v) is 2.72. The third kappa shape index (κ3) is 2.78. The molecule has 0 amide bonds. The molecule has 0 aliphatic carbocycles. The standard InChI is InChI=1S/C10H18N4O2/c1-8(15)10-7-14(12-11-10)6-9-5-13(2)3-4-16-9/h7-9,15H,3-6H2,1-2H3. The summed E-state index contributed by atoms with van der Waals surface area (Å²) in [6, 6.07) is 0. The molecule has 1 fully saturated rings. The molecule has 2 rings (SSSR count). The number of hydrogen-bond acceptors (Lipinski definition) is 5. The van der Waals surface area contributed by atoms with Crippen molar-refractivity contribution in [1.82, 2.24) is 19.9 Å². The van der Waals surface area contributed by atoms with Gasteiger partial charge in [-0.05, 0) is 14.0 Å². The molecule has 2 atom stereocenters. The van der Waals surface area contributed by atoms with E-state index in [0.29, 0.717) is 12.2 Å². The van der Waals surface area contributed by atoms with Gasteiger partial charge in [0.1, 0.15) is 5.69 Å². The molecule has 2 unspecified atom stereocenters. The number of aliphatic hydroxyl groups is 1. The van der Waals surface area contributed by atoms with E-state index in [9.17, 15) is 5.11 Å². The van der Waals surface area contributed by atoms with Crippen molar-refractivity contribution >= 4 is 0 Å². The van der Waals surface area contributed by atoms with E-state index < -0.39 is 6.10 Å². The normalized spacial score (nSPS) is 24.6. The van der Waals surface area contributed by atoms with Crippen LogP contribution in [0, 0.1) is 0 Å². The van der Waals surface area contributed by atoms with E-state index in [-0.39, 0.29) is 6.10 Å². The van der Waals surface area contributed by atoms with Gasteiger partial charge in [-0.25, -0.2) is 4.68 Å². The zero-order chi connectivity index (χ0) is 11.5. The third-order valence-electron chi connectivity index (χ3n) is 2.72. The van der Waals surface area contributed by atoms with Crippen LogP contribution in [0.15, 0.2) is 6.20 Å². The molecule has 1 aliphatic heterocycles. The Labute approximate surface area is 94.8 Å². The number of aromatic nitrogens is 3. The van der Waals surface area contributed by atoms with Crippen molar-refractivity contribution in [3.8, 4) is 0 Å². The number of aliphatic hydroxyl groups excluding tert-OH is 1. The van der Waals surface area contributed by atoms with Crippen molar-refractivity contribution in [2.24, 2.45) is 0 Å². The fourth-order valence-electron chi connectivity index (χ4n) is 1.78. The number of ether oxygens (including phenoxy) is 1. The first-order valence-electron chi connectivity index (χ1n) is 5.53. The highest BCUT2D eigenvalue weighted by molar-refractivity contribution is 4.95. The first-order valence-corrected chi connectivity index (χ1v) is 5.53. The summed E-state index contributed by atoms with van der Waals surface area (Å²) in [6.45, 7) is 5.01. The second-order valence-corrected chi connectivity index (χ2v) is 4.30. The Morgan fingerprint density at radius 1 is 1.69 bits per heavy atom. The SMILES string of the molecule is CC(O)c1cn(CC2CN(C)CCO2)nn1. The van der Waals surface area contributed by atoms with Crippen molar-refractivity contribution in [1.29, 1.82) is 0 Å². The molecule has 90 valence electrons. The van der Waals surface area contributed by atoms with Crippen molar-refractivity contribution in [2.45, 2.75) is 25.7 Å². The van der Waals surface area contributed by atoms with E-state index in [0.717, 1.165) is 19.7 Å². The molecule has 0 radical (unpaired) electrons. The van der Waals surface area contributed by atoms with Gasteiger partial charge in [-0.15, -0.1) is 5.10 Å². The van der Waals surface area contributed by atoms with E-state index in [1.807, 2.05) is 0 Å². The summed E-state index contributed by atoms with van der Waals surface area (Å²) in [7, 11) is 2.08. The maximum atomic E-state index is 9.33. The predicted octanol–water partition coefficient (Wildman–Crippen LogP) is -0.338. The number of nitrogens with zero attached hydrogens (tertiary/aromatic N) is 4. The Morgan fingerprint density at radius 3 is 3.12 bits per heavy atom. The van der Waals surface area contributed by atoms with Crippen LogP contribution in [0.4, 0.5) is 0 Å². The molecule has 16 heavy (non-hydrogen) atoms. The second-order valence-electron chi connectivity index (χ2n) is 4.30. The quantitative estimate of drug-likeness (QED) is 0.764. The zero-order valence-electron chi connectivity index (χ0n) is 9.70. The van der Waals surface area contributed by atoms with E-state index in [4.69, 9.17) is 4.74 Å². The summed E-state index contributed by atoms with van der Waals surface area (Å²) in [5.74, 6) is 0. The van der Waals surface area contributed by atoms with Crippen LogP contribution in [0.5, 0.6) is 0 Å². The molecule has 1 aromatic rings. The zero-order valence-corrected chi connectivity index (χ0v) is 9.70. The maximum Gasteiger partial charge on any atom is 0.111 e. The first kappa shape index (κ1) is 11.5. The highest BCUT2D eigenvalue weighted by Gasteiger charge is 2.19. The lowest BCUT2D eigenvalue weighted by molar-refractivity contribution is -0.0292. The van der Waals surface area contributed by atoms with Gasteiger partial charge in [0.05, 0.1) is 31.6 Å². The van der Waals surface area contributed by atoms with Crippen molar-refractivity contribution in [3.05, 3.63) is 11.9 Å². The van der Waals surface area contributed by atoms with Gasteiger partial charge < -0.3 is 14.7 Å². The molecule has 6 heteroatoms. The van der Waals surface area contributed by atoms with Gasteiger partial charge in [0.15, 0.2) is 0 Å². The molecule has 1 N–H and O–H groups in total. The van der Waals surface area contributed by atoms with Gasteiger partial charge in [-0.3, -0.25) is 0 Å². The van der Waals surface area contributed by atoms with Gasteiger partial charge in [0.2, 0.25) is 0 Å². The lowest BCUT2D eigenvalue weighted by Crippen LogP contribution is -2.42. The van der Waals surface area contributed by atoms with Crippen LogP contribution in [-0.2, 0) is 11.3 Å². The minimum absolute atomic E-state index is 0.155. The van der Waals surface area contributed by atoms with Gasteiger partial charge in [0, 0.05) is 13.1 Å². The van der Waals surface area contributed by atoms with Crippen LogP contribution in [0.2, 0.25) is 0 Å². The number of rotatable bonds is 3. The highest BCUT2D eigenvalue weighted by atomic mass is 16.5. The summed E-state index contributed by atoms with van der Waals surface area (Å²) in [6.07, 6.45) is 1.36. The van der Waals surface area contributed by atoms with E-state index in [1.165, 1.54) is 0 Å². The van der Waals surface area contributed by atoms with Crippen molar-refractivity contribution in [3.63, 3.8) is 0 Å².